The summed E-state index contributed by atoms with van der Waals surface area (Å²) in [5.41, 5.74) is 4.92. The molecule has 0 aromatic rings. The van der Waals surface area contributed by atoms with Gasteiger partial charge in [-0.25, -0.2) is 17.2 Å². The van der Waals surface area contributed by atoms with E-state index in [1.54, 1.807) is 16.7 Å². The van der Waals surface area contributed by atoms with Crippen LogP contribution in [0.15, 0.2) is 16.7 Å². The van der Waals surface area contributed by atoms with Crippen molar-refractivity contribution in [3.63, 3.8) is 0 Å². The number of hydrogen-bond donors (Lipinski definition) is 0. The summed E-state index contributed by atoms with van der Waals surface area (Å²) in [6.07, 6.45) is 9.14. The fourth-order valence-corrected chi connectivity index (χ4v) is 4.95. The minimum Gasteiger partial charge on any atom is -0.249 e. The third-order valence-electron chi connectivity index (χ3n) is 3.98. The van der Waals surface area contributed by atoms with E-state index in [4.69, 9.17) is 0 Å². The van der Waals surface area contributed by atoms with Crippen LogP contribution in [0.25, 0.3) is 0 Å². The molecule has 2 aliphatic carbocycles. The Balaban J connectivity index is 0.00000144. The van der Waals surface area contributed by atoms with Gasteiger partial charge in [-0.2, -0.15) is 5.57 Å². The first-order valence-electron chi connectivity index (χ1n) is 6.80. The van der Waals surface area contributed by atoms with Gasteiger partial charge in [0.2, 0.25) is 0 Å². The zero-order valence-corrected chi connectivity index (χ0v) is 14.8. The smallest absolute Gasteiger partial charge is 0.0254 e. The molecule has 1 unspecified atom stereocenters. The Labute approximate surface area is 124 Å². The molecular weight excluding hydrogens is 256 g/mol. The van der Waals surface area contributed by atoms with Crippen molar-refractivity contribution in [2.45, 2.75) is 64.5 Å². The van der Waals surface area contributed by atoms with E-state index < -0.39 is 0 Å². The van der Waals surface area contributed by atoms with Gasteiger partial charge in [-0.15, -0.1) is 0 Å². The first-order chi connectivity index (χ1) is 7.47. The Kier molecular flexibility index (Phi) is 5.49. The molecule has 0 aromatic heterocycles. The van der Waals surface area contributed by atoms with Gasteiger partial charge >= 0.3 is 0 Å². The predicted molar refractivity (Wildman–Crippen MR) is 74.5 cm³/mol. The Morgan fingerprint density at radius 3 is 2.53 bits per heavy atom. The second kappa shape index (κ2) is 6.04. The molecular formula is C15H25SiTi-. The molecule has 0 nitrogen and oxygen atoms in total. The standard InChI is InChI=1S/C15H25Si.Ti/c1-11-9-12-7-5-6-8-13(12)14(11)10-16-15(2,3)4;/h14H,5-8,10,16H2,1-4H3;/q-1;. The average molecular weight is 281 g/mol. The van der Waals surface area contributed by atoms with Crippen LogP contribution < -0.4 is 0 Å². The maximum atomic E-state index is 3.66. The van der Waals surface area contributed by atoms with Gasteiger partial charge in [0.25, 0.3) is 0 Å². The molecule has 0 heterocycles. The SMILES string of the molecule is CC1=[C-]C2=C(CCCC2)C1C[SiH2]C(C)(C)C.[Ti]. The quantitative estimate of drug-likeness (QED) is 0.529. The Morgan fingerprint density at radius 2 is 1.88 bits per heavy atom. The van der Waals surface area contributed by atoms with Crippen LogP contribution in [0.2, 0.25) is 11.1 Å². The largest absolute Gasteiger partial charge is 0.249 e. The average Bonchev–Trinajstić information content (AvgIpc) is 2.49. The topological polar surface area (TPSA) is 0 Å². The van der Waals surface area contributed by atoms with Crippen LogP contribution in [-0.4, -0.2) is 9.52 Å². The number of rotatable bonds is 2. The molecule has 0 radical (unpaired) electrons. The molecule has 2 heteroatoms. The van der Waals surface area contributed by atoms with Crippen molar-refractivity contribution in [2.24, 2.45) is 5.92 Å². The van der Waals surface area contributed by atoms with Gasteiger partial charge in [-0.3, -0.25) is 0 Å². The van der Waals surface area contributed by atoms with Crippen LogP contribution in [0.1, 0.15) is 53.4 Å². The van der Waals surface area contributed by atoms with E-state index in [0.29, 0.717) is 5.04 Å². The van der Waals surface area contributed by atoms with E-state index in [2.05, 4.69) is 33.8 Å². The fraction of sp³-hybridized carbons (Fsp3) is 0.733. The van der Waals surface area contributed by atoms with Crippen molar-refractivity contribution in [1.29, 1.82) is 0 Å². The van der Waals surface area contributed by atoms with Crippen molar-refractivity contribution in [3.05, 3.63) is 22.8 Å². The van der Waals surface area contributed by atoms with Gasteiger partial charge in [0.1, 0.15) is 0 Å². The molecule has 0 aromatic carbocycles. The van der Waals surface area contributed by atoms with Crippen LogP contribution in [0.4, 0.5) is 0 Å². The monoisotopic (exact) mass is 281 g/mol. The van der Waals surface area contributed by atoms with Crippen LogP contribution in [0.5, 0.6) is 0 Å². The molecule has 17 heavy (non-hydrogen) atoms. The third kappa shape index (κ3) is 3.94. The molecule has 0 aliphatic heterocycles. The van der Waals surface area contributed by atoms with Crippen LogP contribution in [-0.2, 0) is 21.7 Å². The van der Waals surface area contributed by atoms with Crippen molar-refractivity contribution in [3.8, 4) is 0 Å². The van der Waals surface area contributed by atoms with Crippen LogP contribution >= 0.6 is 0 Å². The summed E-state index contributed by atoms with van der Waals surface area (Å²) in [6.45, 7) is 9.54. The third-order valence-corrected chi connectivity index (χ3v) is 6.35. The maximum absolute atomic E-state index is 3.66. The molecule has 94 valence electrons. The molecule has 0 fully saturated rings. The first-order valence-corrected chi connectivity index (χ1v) is 8.50. The molecule has 0 spiro atoms. The van der Waals surface area contributed by atoms with Gasteiger partial charge in [0.05, 0.1) is 0 Å². The van der Waals surface area contributed by atoms with E-state index in [1.165, 1.54) is 31.7 Å². The van der Waals surface area contributed by atoms with E-state index >= 15 is 0 Å². The fourth-order valence-electron chi connectivity index (χ4n) is 3.01. The summed E-state index contributed by atoms with van der Waals surface area (Å²) in [5, 5.41) is 0.609. The molecule has 0 saturated heterocycles. The van der Waals surface area contributed by atoms with Crippen molar-refractivity contribution in [1.82, 2.24) is 0 Å². The maximum Gasteiger partial charge on any atom is 0.0254 e. The number of hydrogen-bond acceptors (Lipinski definition) is 0. The van der Waals surface area contributed by atoms with Crippen LogP contribution in [0, 0.1) is 12.0 Å². The molecule has 0 saturated carbocycles. The summed E-state index contributed by atoms with van der Waals surface area (Å²) in [6, 6.07) is 1.47. The van der Waals surface area contributed by atoms with E-state index in [9.17, 15) is 0 Å². The van der Waals surface area contributed by atoms with Gasteiger partial charge in [0.15, 0.2) is 0 Å². The molecule has 0 N–H and O–H groups in total. The van der Waals surface area contributed by atoms with Gasteiger partial charge in [-0.05, 0) is 5.04 Å². The predicted octanol–water partition coefficient (Wildman–Crippen LogP) is 4.04. The van der Waals surface area contributed by atoms with E-state index in [0.717, 1.165) is 5.92 Å². The van der Waals surface area contributed by atoms with Crippen molar-refractivity contribution in [2.75, 3.05) is 0 Å². The van der Waals surface area contributed by atoms with Gasteiger partial charge in [0, 0.05) is 31.2 Å². The summed E-state index contributed by atoms with van der Waals surface area (Å²) in [4.78, 5) is 0. The van der Waals surface area contributed by atoms with Crippen molar-refractivity contribution < 1.29 is 21.7 Å². The summed E-state index contributed by atoms with van der Waals surface area (Å²) in [5.74, 6) is 0.807. The number of allylic oxidation sites excluding steroid dienone is 4. The van der Waals surface area contributed by atoms with Gasteiger partial charge in [-0.1, -0.05) is 65.3 Å². The zero-order valence-electron chi connectivity index (χ0n) is 11.8. The Morgan fingerprint density at radius 1 is 1.24 bits per heavy atom. The molecule has 1 atom stereocenters. The van der Waals surface area contributed by atoms with E-state index in [1.807, 2.05) is 0 Å². The normalized spacial score (nSPS) is 24.9. The van der Waals surface area contributed by atoms with Crippen molar-refractivity contribution >= 4 is 9.52 Å². The summed E-state index contributed by atoms with van der Waals surface area (Å²) >= 11 is 0. The molecule has 2 rings (SSSR count). The summed E-state index contributed by atoms with van der Waals surface area (Å²) in [7, 11) is 0.0461. The second-order valence-corrected chi connectivity index (χ2v) is 9.87. The van der Waals surface area contributed by atoms with E-state index in [-0.39, 0.29) is 31.2 Å². The summed E-state index contributed by atoms with van der Waals surface area (Å²) < 4.78 is 0. The second-order valence-electron chi connectivity index (χ2n) is 6.67. The Hall–Kier alpha value is 0.411. The molecule has 2 aliphatic rings. The minimum atomic E-state index is 0. The Bertz CT molecular complexity index is 333. The zero-order chi connectivity index (χ0) is 11.8. The van der Waals surface area contributed by atoms with Crippen LogP contribution in [0.3, 0.4) is 0 Å². The molecule has 0 amide bonds. The molecule has 0 bridgehead atoms. The first kappa shape index (κ1) is 15.5. The minimum absolute atomic E-state index is 0. The van der Waals surface area contributed by atoms with Gasteiger partial charge < -0.3 is 0 Å².